The van der Waals surface area contributed by atoms with Crippen LogP contribution in [-0.4, -0.2) is 6.03 Å². The molecule has 0 fully saturated rings. The summed E-state index contributed by atoms with van der Waals surface area (Å²) in [6, 6.07) is 7.58. The number of nitrogens with two attached hydrogens (primary N) is 1. The SMILES string of the molecule is Nc1cc(C(F)(F)F)cc(Cl)c1NC(=O)NCc1cccc(Cl)c1. The van der Waals surface area contributed by atoms with E-state index in [-0.39, 0.29) is 22.9 Å². The Morgan fingerprint density at radius 2 is 1.88 bits per heavy atom. The fraction of sp³-hybridized carbons (Fsp3) is 0.133. The van der Waals surface area contributed by atoms with Gasteiger partial charge in [0.1, 0.15) is 0 Å². The summed E-state index contributed by atoms with van der Waals surface area (Å²) >= 11 is 11.6. The number of carbonyl (C=O) groups is 1. The van der Waals surface area contributed by atoms with Gasteiger partial charge in [-0.05, 0) is 29.8 Å². The molecule has 4 nitrogen and oxygen atoms in total. The molecule has 128 valence electrons. The minimum absolute atomic E-state index is 0.0896. The molecule has 0 aliphatic carbocycles. The summed E-state index contributed by atoms with van der Waals surface area (Å²) in [4.78, 5) is 11.9. The maximum atomic E-state index is 12.7. The van der Waals surface area contributed by atoms with Crippen LogP contribution >= 0.6 is 23.2 Å². The van der Waals surface area contributed by atoms with Crippen molar-refractivity contribution in [2.24, 2.45) is 0 Å². The second-order valence-electron chi connectivity index (χ2n) is 4.86. The van der Waals surface area contributed by atoms with Crippen LogP contribution in [0.2, 0.25) is 10.0 Å². The van der Waals surface area contributed by atoms with Crippen molar-refractivity contribution < 1.29 is 18.0 Å². The van der Waals surface area contributed by atoms with Crippen LogP contribution in [0.15, 0.2) is 36.4 Å². The largest absolute Gasteiger partial charge is 0.416 e. The van der Waals surface area contributed by atoms with Crippen LogP contribution in [0.4, 0.5) is 29.3 Å². The second kappa shape index (κ2) is 7.19. The first-order valence-electron chi connectivity index (χ1n) is 6.62. The molecule has 0 spiro atoms. The van der Waals surface area contributed by atoms with Crippen LogP contribution in [0, 0.1) is 0 Å². The van der Waals surface area contributed by atoms with E-state index in [0.717, 1.165) is 5.56 Å². The van der Waals surface area contributed by atoms with Crippen LogP contribution in [0.5, 0.6) is 0 Å². The average molecular weight is 378 g/mol. The second-order valence-corrected chi connectivity index (χ2v) is 5.70. The third-order valence-electron chi connectivity index (χ3n) is 3.03. The number of hydrogen-bond donors (Lipinski definition) is 3. The fourth-order valence-corrected chi connectivity index (χ4v) is 2.40. The van der Waals surface area contributed by atoms with E-state index in [1.807, 2.05) is 0 Å². The quantitative estimate of drug-likeness (QED) is 0.664. The molecule has 24 heavy (non-hydrogen) atoms. The van der Waals surface area contributed by atoms with Crippen molar-refractivity contribution in [1.29, 1.82) is 0 Å². The Morgan fingerprint density at radius 3 is 2.46 bits per heavy atom. The Bertz CT molecular complexity index is 743. The topological polar surface area (TPSA) is 67.1 Å². The van der Waals surface area contributed by atoms with E-state index in [4.69, 9.17) is 28.9 Å². The van der Waals surface area contributed by atoms with E-state index in [0.29, 0.717) is 17.2 Å². The van der Waals surface area contributed by atoms with Gasteiger partial charge in [0.05, 0.1) is 22.0 Å². The van der Waals surface area contributed by atoms with Gasteiger partial charge >= 0.3 is 12.2 Å². The van der Waals surface area contributed by atoms with Gasteiger partial charge in [0.2, 0.25) is 0 Å². The van der Waals surface area contributed by atoms with Gasteiger partial charge < -0.3 is 16.4 Å². The summed E-state index contributed by atoms with van der Waals surface area (Å²) in [5, 5.41) is 5.08. The molecule has 0 unspecified atom stereocenters. The number of carbonyl (C=O) groups excluding carboxylic acids is 1. The Hall–Kier alpha value is -2.12. The molecule has 0 aliphatic rings. The minimum Gasteiger partial charge on any atom is -0.397 e. The van der Waals surface area contributed by atoms with Crippen molar-refractivity contribution in [2.45, 2.75) is 12.7 Å². The zero-order valence-electron chi connectivity index (χ0n) is 12.0. The lowest BCUT2D eigenvalue weighted by Gasteiger charge is -2.14. The van der Waals surface area contributed by atoms with Crippen LogP contribution in [0.25, 0.3) is 0 Å². The Morgan fingerprint density at radius 1 is 1.17 bits per heavy atom. The highest BCUT2D eigenvalue weighted by Gasteiger charge is 2.32. The lowest BCUT2D eigenvalue weighted by Crippen LogP contribution is -2.28. The number of benzene rings is 2. The predicted molar refractivity (Wildman–Crippen MR) is 88.2 cm³/mol. The fourth-order valence-electron chi connectivity index (χ4n) is 1.91. The number of rotatable bonds is 3. The number of nitrogens with one attached hydrogen (secondary N) is 2. The molecule has 0 radical (unpaired) electrons. The van der Waals surface area contributed by atoms with Gasteiger partial charge in [-0.25, -0.2) is 4.79 Å². The van der Waals surface area contributed by atoms with Gasteiger partial charge in [0, 0.05) is 11.6 Å². The number of urea groups is 1. The molecule has 0 heterocycles. The van der Waals surface area contributed by atoms with Gasteiger partial charge in [-0.15, -0.1) is 0 Å². The summed E-state index contributed by atoms with van der Waals surface area (Å²) in [5.41, 5.74) is 4.94. The molecule has 0 bridgehead atoms. The van der Waals surface area contributed by atoms with Crippen molar-refractivity contribution in [3.05, 3.63) is 57.6 Å². The summed E-state index contributed by atoms with van der Waals surface area (Å²) in [5.74, 6) is 0. The number of nitrogen functional groups attached to an aromatic ring is 1. The van der Waals surface area contributed by atoms with E-state index in [9.17, 15) is 18.0 Å². The highest BCUT2D eigenvalue weighted by atomic mass is 35.5. The lowest BCUT2D eigenvalue weighted by atomic mass is 10.1. The first kappa shape index (κ1) is 18.2. The molecule has 2 amide bonds. The Kier molecular flexibility index (Phi) is 5.46. The van der Waals surface area contributed by atoms with Gasteiger partial charge in [-0.2, -0.15) is 13.2 Å². The Labute approximate surface area is 145 Å². The van der Waals surface area contributed by atoms with Crippen molar-refractivity contribution in [1.82, 2.24) is 5.32 Å². The van der Waals surface area contributed by atoms with E-state index in [1.165, 1.54) is 0 Å². The third kappa shape index (κ3) is 4.69. The molecule has 0 atom stereocenters. The van der Waals surface area contributed by atoms with Crippen molar-refractivity contribution in [2.75, 3.05) is 11.1 Å². The average Bonchev–Trinajstić information content (AvgIpc) is 2.48. The van der Waals surface area contributed by atoms with Gasteiger partial charge in [0.25, 0.3) is 0 Å². The van der Waals surface area contributed by atoms with E-state index in [2.05, 4.69) is 10.6 Å². The molecular weight excluding hydrogens is 366 g/mol. The molecule has 0 saturated heterocycles. The summed E-state index contributed by atoms with van der Waals surface area (Å²) in [6.45, 7) is 0.171. The van der Waals surface area contributed by atoms with Crippen molar-refractivity contribution >= 4 is 40.6 Å². The van der Waals surface area contributed by atoms with E-state index < -0.39 is 17.8 Å². The number of hydrogen-bond acceptors (Lipinski definition) is 2. The first-order chi connectivity index (χ1) is 11.2. The Balaban J connectivity index is 2.06. The molecule has 0 aromatic heterocycles. The molecule has 2 aromatic rings. The normalized spacial score (nSPS) is 11.2. The zero-order valence-corrected chi connectivity index (χ0v) is 13.6. The van der Waals surface area contributed by atoms with Crippen molar-refractivity contribution in [3.8, 4) is 0 Å². The van der Waals surface area contributed by atoms with E-state index >= 15 is 0 Å². The molecule has 9 heteroatoms. The summed E-state index contributed by atoms with van der Waals surface area (Å²) in [7, 11) is 0. The van der Waals surface area contributed by atoms with Crippen molar-refractivity contribution in [3.63, 3.8) is 0 Å². The molecular formula is C15H12Cl2F3N3O. The maximum Gasteiger partial charge on any atom is 0.416 e. The highest BCUT2D eigenvalue weighted by molar-refractivity contribution is 6.34. The van der Waals surface area contributed by atoms with Gasteiger partial charge in [-0.3, -0.25) is 0 Å². The van der Waals surface area contributed by atoms with Crippen LogP contribution in [0.3, 0.4) is 0 Å². The standard InChI is InChI=1S/C15H12Cl2F3N3O/c16-10-3-1-2-8(4-10)7-22-14(24)23-13-11(17)5-9(6-12(13)21)15(18,19)20/h1-6H,7,21H2,(H2,22,23,24). The third-order valence-corrected chi connectivity index (χ3v) is 3.56. The molecule has 4 N–H and O–H groups in total. The lowest BCUT2D eigenvalue weighted by molar-refractivity contribution is -0.137. The number of halogens is 5. The smallest absolute Gasteiger partial charge is 0.397 e. The molecule has 2 aromatic carbocycles. The number of anilines is 2. The minimum atomic E-state index is -4.58. The predicted octanol–water partition coefficient (Wildman–Crippen LogP) is 4.92. The van der Waals surface area contributed by atoms with E-state index in [1.54, 1.807) is 24.3 Å². The summed E-state index contributed by atoms with van der Waals surface area (Å²) in [6.07, 6.45) is -4.58. The zero-order chi connectivity index (χ0) is 17.9. The van der Waals surface area contributed by atoms with Crippen LogP contribution < -0.4 is 16.4 Å². The monoisotopic (exact) mass is 377 g/mol. The number of alkyl halides is 3. The highest BCUT2D eigenvalue weighted by Crippen LogP contribution is 2.37. The summed E-state index contributed by atoms with van der Waals surface area (Å²) < 4.78 is 38.0. The first-order valence-corrected chi connectivity index (χ1v) is 7.38. The molecule has 2 rings (SSSR count). The van der Waals surface area contributed by atoms with Crippen LogP contribution in [0.1, 0.15) is 11.1 Å². The van der Waals surface area contributed by atoms with Crippen LogP contribution in [-0.2, 0) is 12.7 Å². The molecule has 0 aliphatic heterocycles. The maximum absolute atomic E-state index is 12.7. The number of amides is 2. The molecule has 0 saturated carbocycles. The van der Waals surface area contributed by atoms with Gasteiger partial charge in [-0.1, -0.05) is 35.3 Å². The van der Waals surface area contributed by atoms with Gasteiger partial charge in [0.15, 0.2) is 0 Å².